The fraction of sp³-hybridized carbons (Fsp3) is 0.0909. The number of hydrogen-bond acceptors (Lipinski definition) is 8. The largest absolute Gasteiger partial charge is 0.415 e. The van der Waals surface area contributed by atoms with E-state index in [9.17, 15) is 13.6 Å². The molecular formula is C22H15F2N7O2. The molecule has 11 heteroatoms. The lowest BCUT2D eigenvalue weighted by Crippen LogP contribution is -2.04. The molecule has 0 saturated carbocycles. The number of nitrogens with zero attached hydrogens (tertiary/aromatic N) is 6. The predicted molar refractivity (Wildman–Crippen MR) is 115 cm³/mol. The second-order valence-electron chi connectivity index (χ2n) is 7.06. The van der Waals surface area contributed by atoms with Gasteiger partial charge in [-0.1, -0.05) is 30.3 Å². The average molecular weight is 447 g/mol. The molecule has 0 bridgehead atoms. The normalized spacial score (nSPS) is 11.3. The molecular weight excluding hydrogens is 432 g/mol. The van der Waals surface area contributed by atoms with E-state index in [1.165, 1.54) is 30.2 Å². The van der Waals surface area contributed by atoms with Gasteiger partial charge in [-0.2, -0.15) is 8.78 Å². The first kappa shape index (κ1) is 20.4. The molecule has 5 rings (SSSR count). The Morgan fingerprint density at radius 2 is 1.79 bits per heavy atom. The Morgan fingerprint density at radius 3 is 2.45 bits per heavy atom. The number of fused-ring (bicyclic) bond motifs is 1. The topological polar surface area (TPSA) is 112 Å². The zero-order chi connectivity index (χ0) is 22.9. The summed E-state index contributed by atoms with van der Waals surface area (Å²) in [5, 5.41) is 9.98. The quantitative estimate of drug-likeness (QED) is 0.406. The number of hydrogen-bond donors (Lipinski definition) is 1. The zero-order valence-corrected chi connectivity index (χ0v) is 17.1. The Kier molecular flexibility index (Phi) is 5.05. The monoisotopic (exact) mass is 447 g/mol. The minimum Gasteiger partial charge on any atom is -0.415 e. The standard InChI is InChI=1S/C22H15F2N7O2/c1-12(32)31-11-27-18-16(13-5-3-2-4-6-13)7-15(8-17(18)31)28-22-25-9-14(10-26-22)20-29-30-21(33-20)19(23)24/h2-11,19H,1H3,(H,25,26,28). The fourth-order valence-electron chi connectivity index (χ4n) is 3.35. The van der Waals surface area contributed by atoms with Crippen LogP contribution < -0.4 is 5.32 Å². The molecule has 33 heavy (non-hydrogen) atoms. The van der Waals surface area contributed by atoms with Crippen LogP contribution in [0.2, 0.25) is 0 Å². The molecule has 9 nitrogen and oxygen atoms in total. The Bertz CT molecular complexity index is 1450. The molecule has 3 aromatic heterocycles. The van der Waals surface area contributed by atoms with Crippen molar-refractivity contribution in [2.75, 3.05) is 5.32 Å². The van der Waals surface area contributed by atoms with Gasteiger partial charge in [-0.3, -0.25) is 9.36 Å². The third-order valence-electron chi connectivity index (χ3n) is 4.86. The molecule has 0 spiro atoms. The molecule has 0 fully saturated rings. The van der Waals surface area contributed by atoms with Crippen LogP contribution in [0.15, 0.2) is 65.6 Å². The Balaban J connectivity index is 1.50. The van der Waals surface area contributed by atoms with Crippen molar-refractivity contribution < 1.29 is 18.0 Å². The van der Waals surface area contributed by atoms with Crippen molar-refractivity contribution >= 4 is 28.6 Å². The van der Waals surface area contributed by atoms with Crippen molar-refractivity contribution in [3.8, 4) is 22.6 Å². The number of nitrogens with one attached hydrogen (secondary N) is 1. The highest BCUT2D eigenvalue weighted by molar-refractivity contribution is 5.99. The van der Waals surface area contributed by atoms with Crippen LogP contribution in [0.5, 0.6) is 0 Å². The predicted octanol–water partition coefficient (Wildman–Crippen LogP) is 4.88. The molecule has 0 amide bonds. The number of benzene rings is 2. The highest BCUT2D eigenvalue weighted by atomic mass is 19.3. The zero-order valence-electron chi connectivity index (χ0n) is 17.1. The van der Waals surface area contributed by atoms with Gasteiger partial charge in [-0.25, -0.2) is 15.0 Å². The molecule has 3 heterocycles. The lowest BCUT2D eigenvalue weighted by molar-refractivity contribution is 0.0941. The van der Waals surface area contributed by atoms with Gasteiger partial charge in [0.2, 0.25) is 11.9 Å². The summed E-state index contributed by atoms with van der Waals surface area (Å²) in [6.45, 7) is 1.46. The van der Waals surface area contributed by atoms with Gasteiger partial charge in [0, 0.05) is 30.6 Å². The summed E-state index contributed by atoms with van der Waals surface area (Å²) < 4.78 is 31.7. The number of aromatic nitrogens is 6. The average Bonchev–Trinajstić information content (AvgIpc) is 3.48. The Morgan fingerprint density at radius 1 is 1.03 bits per heavy atom. The first-order chi connectivity index (χ1) is 16.0. The maximum absolute atomic E-state index is 12.7. The van der Waals surface area contributed by atoms with Gasteiger partial charge in [-0.15, -0.1) is 10.2 Å². The van der Waals surface area contributed by atoms with Crippen molar-refractivity contribution in [3.05, 3.63) is 67.1 Å². The number of rotatable bonds is 5. The molecule has 5 aromatic rings. The van der Waals surface area contributed by atoms with Crippen LogP contribution in [0.25, 0.3) is 33.6 Å². The number of halogens is 2. The maximum Gasteiger partial charge on any atom is 0.314 e. The van der Waals surface area contributed by atoms with Gasteiger partial charge >= 0.3 is 6.43 Å². The summed E-state index contributed by atoms with van der Waals surface area (Å²) >= 11 is 0. The van der Waals surface area contributed by atoms with E-state index in [0.717, 1.165) is 11.1 Å². The highest BCUT2D eigenvalue weighted by Crippen LogP contribution is 2.32. The molecule has 0 aliphatic carbocycles. The first-order valence-electron chi connectivity index (χ1n) is 9.78. The van der Waals surface area contributed by atoms with E-state index in [2.05, 4.69) is 30.5 Å². The van der Waals surface area contributed by atoms with E-state index in [4.69, 9.17) is 4.42 Å². The first-order valence-corrected chi connectivity index (χ1v) is 9.78. The van der Waals surface area contributed by atoms with Crippen LogP contribution >= 0.6 is 0 Å². The van der Waals surface area contributed by atoms with Crippen molar-refractivity contribution in [1.82, 2.24) is 29.7 Å². The van der Waals surface area contributed by atoms with Crippen LogP contribution in [0.4, 0.5) is 20.4 Å². The second-order valence-corrected chi connectivity index (χ2v) is 7.06. The van der Waals surface area contributed by atoms with E-state index in [0.29, 0.717) is 22.3 Å². The lowest BCUT2D eigenvalue weighted by Gasteiger charge is -2.10. The van der Waals surface area contributed by atoms with Gasteiger partial charge in [0.1, 0.15) is 6.33 Å². The number of alkyl halides is 2. The summed E-state index contributed by atoms with van der Waals surface area (Å²) in [5.41, 5.74) is 4.02. The molecule has 0 radical (unpaired) electrons. The number of imidazole rings is 1. The van der Waals surface area contributed by atoms with Gasteiger partial charge in [0.15, 0.2) is 0 Å². The Hall–Kier alpha value is -4.54. The molecule has 2 aromatic carbocycles. The van der Waals surface area contributed by atoms with Crippen LogP contribution in [-0.2, 0) is 0 Å². The SMILES string of the molecule is CC(=O)n1cnc2c(-c3ccccc3)cc(Nc3ncc(-c4nnc(C(F)F)o4)cn3)cc21. The van der Waals surface area contributed by atoms with Crippen LogP contribution in [0.3, 0.4) is 0 Å². The van der Waals surface area contributed by atoms with Crippen LogP contribution in [0, 0.1) is 0 Å². The molecule has 0 aliphatic rings. The van der Waals surface area contributed by atoms with Gasteiger partial charge < -0.3 is 9.73 Å². The molecule has 0 atom stereocenters. The van der Waals surface area contributed by atoms with E-state index in [1.54, 1.807) is 6.07 Å². The fourth-order valence-corrected chi connectivity index (χ4v) is 3.35. The van der Waals surface area contributed by atoms with Crippen molar-refractivity contribution in [3.63, 3.8) is 0 Å². The van der Waals surface area contributed by atoms with E-state index < -0.39 is 12.3 Å². The molecule has 1 N–H and O–H groups in total. The third kappa shape index (κ3) is 3.91. The van der Waals surface area contributed by atoms with Crippen LogP contribution in [0.1, 0.15) is 24.0 Å². The van der Waals surface area contributed by atoms with Gasteiger partial charge in [-0.05, 0) is 17.7 Å². The molecule has 0 aliphatic heterocycles. The summed E-state index contributed by atoms with van der Waals surface area (Å²) in [4.78, 5) is 24.9. The molecule has 0 saturated heterocycles. The van der Waals surface area contributed by atoms with Crippen LogP contribution in [-0.4, -0.2) is 35.6 Å². The van der Waals surface area contributed by atoms with Crippen molar-refractivity contribution in [1.29, 1.82) is 0 Å². The number of anilines is 2. The Labute approximate surface area is 185 Å². The summed E-state index contributed by atoms with van der Waals surface area (Å²) in [6, 6.07) is 13.3. The molecule has 164 valence electrons. The number of carbonyl (C=O) groups excluding carboxylic acids is 1. The van der Waals surface area contributed by atoms with E-state index in [-0.39, 0.29) is 17.7 Å². The summed E-state index contributed by atoms with van der Waals surface area (Å²) in [5.74, 6) is -0.789. The second kappa shape index (κ2) is 8.19. The summed E-state index contributed by atoms with van der Waals surface area (Å²) in [7, 11) is 0. The van der Waals surface area contributed by atoms with E-state index >= 15 is 0 Å². The third-order valence-corrected chi connectivity index (χ3v) is 4.86. The van der Waals surface area contributed by atoms with Gasteiger partial charge in [0.05, 0.1) is 16.6 Å². The summed E-state index contributed by atoms with van der Waals surface area (Å²) in [6.07, 6.45) is 1.40. The smallest absolute Gasteiger partial charge is 0.314 e. The molecule has 0 unspecified atom stereocenters. The minimum atomic E-state index is -2.86. The van der Waals surface area contributed by atoms with Gasteiger partial charge in [0.25, 0.3) is 11.8 Å². The lowest BCUT2D eigenvalue weighted by atomic mass is 10.0. The van der Waals surface area contributed by atoms with Crippen molar-refractivity contribution in [2.24, 2.45) is 0 Å². The maximum atomic E-state index is 12.7. The highest BCUT2D eigenvalue weighted by Gasteiger charge is 2.18. The number of carbonyl (C=O) groups is 1. The van der Waals surface area contributed by atoms with Crippen molar-refractivity contribution in [2.45, 2.75) is 13.3 Å². The van der Waals surface area contributed by atoms with E-state index in [1.807, 2.05) is 36.4 Å². The minimum absolute atomic E-state index is 0.102.